The Morgan fingerprint density at radius 2 is 2.05 bits per heavy atom. The molecule has 1 rings (SSSR count). The van der Waals surface area contributed by atoms with Gasteiger partial charge in [-0.15, -0.1) is 0 Å². The molecular weight excluding hydrogens is 289 g/mol. The number of hydrogen-bond donors (Lipinski definition) is 0. The van der Waals surface area contributed by atoms with Crippen LogP contribution < -0.4 is 0 Å². The highest BCUT2D eigenvalue weighted by Gasteiger charge is 2.39. The first-order chi connectivity index (χ1) is 9.85. The van der Waals surface area contributed by atoms with Crippen LogP contribution in [0.1, 0.15) is 54.7 Å². The largest absolute Gasteiger partial charge is 0.462 e. The van der Waals surface area contributed by atoms with Crippen LogP contribution in [-0.2, 0) is 15.7 Å². The third kappa shape index (κ3) is 4.38. The van der Waals surface area contributed by atoms with Crippen molar-refractivity contribution in [3.63, 3.8) is 0 Å². The zero-order valence-corrected chi connectivity index (χ0v) is 12.0. The Morgan fingerprint density at radius 1 is 1.38 bits per heavy atom. The maximum absolute atomic E-state index is 13.0. The summed E-state index contributed by atoms with van der Waals surface area (Å²) in [6, 6.07) is 0. The van der Waals surface area contributed by atoms with Gasteiger partial charge in [-0.2, -0.15) is 13.2 Å². The van der Waals surface area contributed by atoms with Crippen molar-refractivity contribution < 1.29 is 27.4 Å². The minimum atomic E-state index is -4.77. The maximum Gasteiger partial charge on any atom is 0.434 e. The zero-order chi connectivity index (χ0) is 16.0. The first kappa shape index (κ1) is 17.4. The summed E-state index contributed by atoms with van der Waals surface area (Å²) >= 11 is 0. The van der Waals surface area contributed by atoms with Gasteiger partial charge in [0, 0.05) is 13.3 Å². The standard InChI is InChI=1S/C13H17F3N2O3/c1-4-6-9(20-3)11-17-7-8(12(19)21-5-2)10(18-11)13(14,15)16/h7,9H,4-6H2,1-3H3. The van der Waals surface area contributed by atoms with E-state index in [1.807, 2.05) is 6.92 Å². The van der Waals surface area contributed by atoms with Crippen LogP contribution in [-0.4, -0.2) is 29.7 Å². The molecule has 0 amide bonds. The Hall–Kier alpha value is -1.70. The van der Waals surface area contributed by atoms with E-state index in [2.05, 4.69) is 14.7 Å². The highest BCUT2D eigenvalue weighted by molar-refractivity contribution is 5.90. The van der Waals surface area contributed by atoms with Crippen LogP contribution in [0.15, 0.2) is 6.20 Å². The van der Waals surface area contributed by atoms with E-state index < -0.39 is 29.5 Å². The average molecular weight is 306 g/mol. The van der Waals surface area contributed by atoms with Gasteiger partial charge in [-0.1, -0.05) is 13.3 Å². The molecule has 1 aromatic rings. The SMILES string of the molecule is CCCC(OC)c1ncc(C(=O)OCC)c(C(F)(F)F)n1. The third-order valence-electron chi connectivity index (χ3n) is 2.69. The van der Waals surface area contributed by atoms with Gasteiger partial charge in [0.15, 0.2) is 11.5 Å². The van der Waals surface area contributed by atoms with Gasteiger partial charge in [-0.05, 0) is 13.3 Å². The Bertz CT molecular complexity index is 492. The molecule has 0 spiro atoms. The molecule has 1 unspecified atom stereocenters. The minimum absolute atomic E-state index is 0.0333. The maximum atomic E-state index is 13.0. The van der Waals surface area contributed by atoms with Crippen molar-refractivity contribution >= 4 is 5.97 Å². The Labute approximate surface area is 120 Å². The first-order valence-corrected chi connectivity index (χ1v) is 6.49. The summed E-state index contributed by atoms with van der Waals surface area (Å²) in [6.07, 6.45) is -3.41. The van der Waals surface area contributed by atoms with Crippen LogP contribution in [0.5, 0.6) is 0 Å². The van der Waals surface area contributed by atoms with Gasteiger partial charge in [-0.3, -0.25) is 0 Å². The number of carbonyl (C=O) groups excluding carboxylic acids is 1. The second kappa shape index (κ2) is 7.35. The average Bonchev–Trinajstić information content (AvgIpc) is 2.43. The van der Waals surface area contributed by atoms with Crippen molar-refractivity contribution in [3.05, 3.63) is 23.3 Å². The van der Waals surface area contributed by atoms with E-state index in [0.717, 1.165) is 6.20 Å². The van der Waals surface area contributed by atoms with E-state index in [1.54, 1.807) is 0 Å². The van der Waals surface area contributed by atoms with Crippen LogP contribution >= 0.6 is 0 Å². The Balaban J connectivity index is 3.28. The zero-order valence-electron chi connectivity index (χ0n) is 12.0. The van der Waals surface area contributed by atoms with E-state index >= 15 is 0 Å². The molecule has 21 heavy (non-hydrogen) atoms. The minimum Gasteiger partial charge on any atom is -0.462 e. The predicted molar refractivity (Wildman–Crippen MR) is 67.6 cm³/mol. The summed E-state index contributed by atoms with van der Waals surface area (Å²) in [5, 5.41) is 0. The topological polar surface area (TPSA) is 61.3 Å². The summed E-state index contributed by atoms with van der Waals surface area (Å²) in [4.78, 5) is 18.8. The highest BCUT2D eigenvalue weighted by atomic mass is 19.4. The number of aromatic nitrogens is 2. The van der Waals surface area contributed by atoms with Gasteiger partial charge < -0.3 is 9.47 Å². The molecule has 0 aliphatic heterocycles. The molecule has 0 radical (unpaired) electrons. The molecule has 0 saturated heterocycles. The van der Waals surface area contributed by atoms with Gasteiger partial charge >= 0.3 is 12.1 Å². The van der Waals surface area contributed by atoms with Crippen molar-refractivity contribution in [2.24, 2.45) is 0 Å². The van der Waals surface area contributed by atoms with Crippen molar-refractivity contribution in [3.8, 4) is 0 Å². The molecule has 0 saturated carbocycles. The van der Waals surface area contributed by atoms with Crippen LogP contribution in [0.2, 0.25) is 0 Å². The van der Waals surface area contributed by atoms with Crippen molar-refractivity contribution in [1.82, 2.24) is 9.97 Å². The lowest BCUT2D eigenvalue weighted by Gasteiger charge is -2.16. The van der Waals surface area contributed by atoms with Crippen molar-refractivity contribution in [1.29, 1.82) is 0 Å². The molecular formula is C13H17F3N2O3. The normalized spacial score (nSPS) is 13.0. The van der Waals surface area contributed by atoms with Crippen molar-refractivity contribution in [2.45, 2.75) is 39.0 Å². The number of halogens is 3. The fourth-order valence-corrected chi connectivity index (χ4v) is 1.74. The van der Waals surface area contributed by atoms with E-state index in [9.17, 15) is 18.0 Å². The van der Waals surface area contributed by atoms with Crippen molar-refractivity contribution in [2.75, 3.05) is 13.7 Å². The second-order valence-electron chi connectivity index (χ2n) is 4.22. The van der Waals surface area contributed by atoms with E-state index in [1.165, 1.54) is 14.0 Å². The Morgan fingerprint density at radius 3 is 2.52 bits per heavy atom. The highest BCUT2D eigenvalue weighted by Crippen LogP contribution is 2.32. The molecule has 0 bridgehead atoms. The molecule has 0 N–H and O–H groups in total. The van der Waals surface area contributed by atoms with Gasteiger partial charge in [-0.25, -0.2) is 14.8 Å². The van der Waals surface area contributed by atoms with E-state index in [-0.39, 0.29) is 12.4 Å². The molecule has 5 nitrogen and oxygen atoms in total. The van der Waals surface area contributed by atoms with Crippen LogP contribution in [0, 0.1) is 0 Å². The van der Waals surface area contributed by atoms with E-state index in [4.69, 9.17) is 4.74 Å². The molecule has 0 aliphatic rings. The number of esters is 1. The molecule has 8 heteroatoms. The summed E-state index contributed by atoms with van der Waals surface area (Å²) in [5.41, 5.74) is -2.00. The Kier molecular flexibility index (Phi) is 6.07. The van der Waals surface area contributed by atoms with Crippen LogP contribution in [0.25, 0.3) is 0 Å². The second-order valence-corrected chi connectivity index (χ2v) is 4.22. The van der Waals surface area contributed by atoms with Gasteiger partial charge in [0.2, 0.25) is 0 Å². The lowest BCUT2D eigenvalue weighted by atomic mass is 10.1. The third-order valence-corrected chi connectivity index (χ3v) is 2.69. The fraction of sp³-hybridized carbons (Fsp3) is 0.615. The van der Waals surface area contributed by atoms with E-state index in [0.29, 0.717) is 12.8 Å². The first-order valence-electron chi connectivity index (χ1n) is 6.49. The molecule has 0 aromatic carbocycles. The quantitative estimate of drug-likeness (QED) is 0.755. The summed E-state index contributed by atoms with van der Waals surface area (Å²) < 4.78 is 48.8. The molecule has 1 atom stereocenters. The number of alkyl halides is 3. The molecule has 0 fully saturated rings. The number of ether oxygens (including phenoxy) is 2. The summed E-state index contributed by atoms with van der Waals surface area (Å²) in [5.74, 6) is -1.19. The molecule has 118 valence electrons. The molecule has 0 aliphatic carbocycles. The molecule has 1 heterocycles. The van der Waals surface area contributed by atoms with Gasteiger partial charge in [0.25, 0.3) is 0 Å². The number of nitrogens with zero attached hydrogens (tertiary/aromatic N) is 2. The summed E-state index contributed by atoms with van der Waals surface area (Å²) in [7, 11) is 1.37. The number of rotatable bonds is 6. The monoisotopic (exact) mass is 306 g/mol. The number of methoxy groups -OCH3 is 1. The smallest absolute Gasteiger partial charge is 0.434 e. The van der Waals surface area contributed by atoms with Gasteiger partial charge in [0.05, 0.1) is 6.61 Å². The predicted octanol–water partition coefficient (Wildman–Crippen LogP) is 3.16. The number of hydrogen-bond acceptors (Lipinski definition) is 5. The van der Waals surface area contributed by atoms with Gasteiger partial charge in [0.1, 0.15) is 11.7 Å². The lowest BCUT2D eigenvalue weighted by Crippen LogP contribution is -2.20. The van der Waals surface area contributed by atoms with Crippen LogP contribution in [0.4, 0.5) is 13.2 Å². The number of carbonyl (C=O) groups is 1. The summed E-state index contributed by atoms with van der Waals surface area (Å²) in [6.45, 7) is 3.33. The lowest BCUT2D eigenvalue weighted by molar-refractivity contribution is -0.142. The van der Waals surface area contributed by atoms with Crippen LogP contribution in [0.3, 0.4) is 0 Å². The fourth-order valence-electron chi connectivity index (χ4n) is 1.74. The molecule has 1 aromatic heterocycles.